The van der Waals surface area contributed by atoms with Crippen molar-refractivity contribution in [3.8, 4) is 0 Å². The van der Waals surface area contributed by atoms with Crippen molar-refractivity contribution in [2.75, 3.05) is 6.61 Å². The molecule has 0 aliphatic carbocycles. The highest BCUT2D eigenvalue weighted by Gasteiger charge is 2.62. The Morgan fingerprint density at radius 1 is 1.58 bits per heavy atom. The highest BCUT2D eigenvalue weighted by atomic mass is 16.6. The number of hydrogen-bond donors (Lipinski definition) is 2. The Kier molecular flexibility index (Phi) is 1.73. The van der Waals surface area contributed by atoms with Gasteiger partial charge in [0, 0.05) is 6.00 Å². The van der Waals surface area contributed by atoms with Crippen LogP contribution < -0.4 is 0 Å². The van der Waals surface area contributed by atoms with Gasteiger partial charge in [0.2, 0.25) is 0 Å². The molecule has 2 aliphatic rings. The van der Waals surface area contributed by atoms with Crippen LogP contribution in [-0.2, 0) is 9.47 Å². The van der Waals surface area contributed by atoms with Gasteiger partial charge in [-0.05, 0) is 6.92 Å². The molecule has 0 unspecified atom stereocenters. The van der Waals surface area contributed by atoms with Crippen LogP contribution >= 0.6 is 0 Å². The zero-order chi connectivity index (χ0) is 8.93. The lowest BCUT2D eigenvalue weighted by molar-refractivity contribution is -0.173. The van der Waals surface area contributed by atoms with Crippen molar-refractivity contribution < 1.29 is 19.7 Å². The number of fused-ring (bicyclic) bond motifs is 2. The van der Waals surface area contributed by atoms with E-state index in [-0.39, 0.29) is 12.7 Å². The van der Waals surface area contributed by atoms with Gasteiger partial charge in [-0.1, -0.05) is 0 Å². The molecule has 66 valence electrons. The molecule has 2 aliphatic heterocycles. The minimum Gasteiger partial charge on any atom is -0.393 e. The number of aliphatic hydroxyl groups excluding tert-OH is 2. The average Bonchev–Trinajstić information content (AvgIpc) is 2.41. The molecule has 0 amide bonds. The molecule has 2 saturated heterocycles. The lowest BCUT2D eigenvalue weighted by atomic mass is 9.91. The second kappa shape index (κ2) is 2.45. The van der Waals surface area contributed by atoms with Gasteiger partial charge in [-0.3, -0.25) is 0 Å². The molecule has 0 spiro atoms. The van der Waals surface area contributed by atoms with E-state index < -0.39 is 23.8 Å². The van der Waals surface area contributed by atoms with E-state index in [4.69, 9.17) is 22.4 Å². The van der Waals surface area contributed by atoms with Gasteiger partial charge in [0.25, 0.3) is 0 Å². The summed E-state index contributed by atoms with van der Waals surface area (Å²) >= 11 is 0. The lowest BCUT2D eigenvalue weighted by Crippen LogP contribution is -2.49. The maximum Gasteiger partial charge on any atom is 0.145 e. The summed E-state index contributed by atoms with van der Waals surface area (Å²) in [5.74, 6) is 0. The molecule has 12 heavy (non-hydrogen) atoms. The van der Waals surface area contributed by atoms with Crippen molar-refractivity contribution in [2.24, 2.45) is 0 Å². The van der Waals surface area contributed by atoms with Crippen LogP contribution in [0.2, 0.25) is 0 Å². The molecule has 0 aromatic heterocycles. The fraction of sp³-hybridized carbons (Fsp3) is 1.00. The van der Waals surface area contributed by atoms with Crippen LogP contribution in [0.5, 0.6) is 0 Å². The maximum atomic E-state index is 9.63. The fourth-order valence-corrected chi connectivity index (χ4v) is 1.95. The van der Waals surface area contributed by atoms with Crippen LogP contribution in [0.4, 0.5) is 0 Å². The van der Waals surface area contributed by atoms with Crippen molar-refractivity contribution in [2.45, 2.75) is 36.8 Å². The molecule has 2 bridgehead atoms. The van der Waals surface area contributed by atoms with Gasteiger partial charge in [0.1, 0.15) is 25.7 Å². The average molecular weight is 170 g/mol. The molecule has 2 rings (SSSR count). The first-order valence-corrected chi connectivity index (χ1v) is 3.99. The largest absolute Gasteiger partial charge is 0.393 e. The molecule has 5 atom stereocenters. The molecular formula is C7H11BO4. The fourth-order valence-electron chi connectivity index (χ4n) is 1.95. The van der Waals surface area contributed by atoms with E-state index in [0.717, 1.165) is 0 Å². The summed E-state index contributed by atoms with van der Waals surface area (Å²) in [4.78, 5) is 0. The molecule has 0 saturated carbocycles. The molecule has 2 fully saturated rings. The van der Waals surface area contributed by atoms with Crippen molar-refractivity contribution in [3.63, 3.8) is 0 Å². The molecule has 4 nitrogen and oxygen atoms in total. The summed E-state index contributed by atoms with van der Waals surface area (Å²) in [5, 5.41) is 18.7. The van der Waals surface area contributed by atoms with Crippen molar-refractivity contribution >= 4 is 7.85 Å². The van der Waals surface area contributed by atoms with Crippen LogP contribution in [0.3, 0.4) is 0 Å². The third-order valence-electron chi connectivity index (χ3n) is 2.79. The quantitative estimate of drug-likeness (QED) is 0.465. The van der Waals surface area contributed by atoms with E-state index >= 15 is 0 Å². The standard InChI is InChI=1S/C7H11BO4/c1-3-7(2-9)5(10)4(11-3)6(8)12-7/h3-6,9-10H,2H2,1H3/t3-,4+,5-,6+,7-/m0/s1. The molecule has 2 N–H and O–H groups in total. The van der Waals surface area contributed by atoms with E-state index in [1.54, 1.807) is 6.92 Å². The summed E-state index contributed by atoms with van der Waals surface area (Å²) in [6, 6.07) is -0.622. The van der Waals surface area contributed by atoms with Gasteiger partial charge in [-0.25, -0.2) is 0 Å². The smallest absolute Gasteiger partial charge is 0.145 e. The van der Waals surface area contributed by atoms with Gasteiger partial charge in [0.15, 0.2) is 0 Å². The Bertz CT molecular complexity index is 200. The highest BCUT2D eigenvalue weighted by molar-refractivity contribution is 6.11. The normalized spacial score (nSPS) is 57.9. The van der Waals surface area contributed by atoms with E-state index in [1.807, 2.05) is 0 Å². The zero-order valence-electron chi connectivity index (χ0n) is 6.80. The molecule has 0 aromatic rings. The van der Waals surface area contributed by atoms with Crippen LogP contribution in [-0.4, -0.2) is 54.6 Å². The number of ether oxygens (including phenoxy) is 2. The molecule has 0 aromatic carbocycles. The monoisotopic (exact) mass is 170 g/mol. The predicted octanol–water partition coefficient (Wildman–Crippen LogP) is -1.61. The van der Waals surface area contributed by atoms with Crippen molar-refractivity contribution in [3.05, 3.63) is 0 Å². The Morgan fingerprint density at radius 2 is 2.25 bits per heavy atom. The topological polar surface area (TPSA) is 58.9 Å². The van der Waals surface area contributed by atoms with Gasteiger partial charge in [0.05, 0.1) is 12.7 Å². The summed E-state index contributed by atoms with van der Waals surface area (Å²) in [6.07, 6.45) is -1.61. The summed E-state index contributed by atoms with van der Waals surface area (Å²) < 4.78 is 10.6. The number of rotatable bonds is 1. The van der Waals surface area contributed by atoms with Crippen LogP contribution in [0.25, 0.3) is 0 Å². The Morgan fingerprint density at radius 3 is 2.58 bits per heavy atom. The summed E-state index contributed by atoms with van der Waals surface area (Å²) in [6.45, 7) is 1.49. The maximum absolute atomic E-state index is 9.63. The van der Waals surface area contributed by atoms with E-state index in [0.29, 0.717) is 0 Å². The molecular weight excluding hydrogens is 159 g/mol. The van der Waals surface area contributed by atoms with E-state index in [9.17, 15) is 5.11 Å². The minimum atomic E-state index is -0.996. The predicted molar refractivity (Wildman–Crippen MR) is 40.8 cm³/mol. The summed E-state index contributed by atoms with van der Waals surface area (Å²) in [7, 11) is 5.51. The van der Waals surface area contributed by atoms with Crippen molar-refractivity contribution in [1.29, 1.82) is 0 Å². The first-order chi connectivity index (χ1) is 5.62. The van der Waals surface area contributed by atoms with E-state index in [1.165, 1.54) is 0 Å². The van der Waals surface area contributed by atoms with E-state index in [2.05, 4.69) is 0 Å². The molecule has 2 radical (unpaired) electrons. The number of aliphatic hydroxyl groups is 2. The molecule has 2 heterocycles. The van der Waals surface area contributed by atoms with Crippen LogP contribution in [0.15, 0.2) is 0 Å². The van der Waals surface area contributed by atoms with Gasteiger partial charge in [-0.15, -0.1) is 0 Å². The third-order valence-corrected chi connectivity index (χ3v) is 2.79. The lowest BCUT2D eigenvalue weighted by Gasteiger charge is -2.33. The van der Waals surface area contributed by atoms with Gasteiger partial charge in [-0.2, -0.15) is 0 Å². The minimum absolute atomic E-state index is 0.264. The first-order valence-electron chi connectivity index (χ1n) is 3.99. The Hall–Kier alpha value is -0.0951. The van der Waals surface area contributed by atoms with Crippen LogP contribution in [0.1, 0.15) is 6.92 Å². The first kappa shape index (κ1) is 8.50. The van der Waals surface area contributed by atoms with Gasteiger partial charge >= 0.3 is 0 Å². The molecule has 5 heteroatoms. The highest BCUT2D eigenvalue weighted by Crippen LogP contribution is 2.42. The third kappa shape index (κ3) is 0.772. The SMILES string of the molecule is [B][C@@H]1O[C@@]2(CO)[C@H](C)O[C@@H]1[C@@H]2O. The number of hydrogen-bond acceptors (Lipinski definition) is 4. The second-order valence-electron chi connectivity index (χ2n) is 3.38. The Labute approximate surface area is 71.9 Å². The zero-order valence-corrected chi connectivity index (χ0v) is 6.80. The van der Waals surface area contributed by atoms with Gasteiger partial charge < -0.3 is 19.7 Å². The second-order valence-corrected chi connectivity index (χ2v) is 3.38. The summed E-state index contributed by atoms with van der Waals surface area (Å²) in [5.41, 5.74) is -0.996. The van der Waals surface area contributed by atoms with Crippen LogP contribution in [0, 0.1) is 0 Å². The Balaban J connectivity index is 2.30. The van der Waals surface area contributed by atoms with Crippen molar-refractivity contribution in [1.82, 2.24) is 0 Å².